The number of hydrogen-bond donors (Lipinski definition) is 1. The number of benzene rings is 3. The van der Waals surface area contributed by atoms with Crippen LogP contribution >= 0.6 is 11.6 Å². The van der Waals surface area contributed by atoms with E-state index in [0.717, 1.165) is 4.90 Å². The second-order valence-electron chi connectivity index (χ2n) is 7.06. The third-order valence-corrected chi connectivity index (χ3v) is 5.45. The van der Waals surface area contributed by atoms with E-state index in [4.69, 9.17) is 25.8 Å². The summed E-state index contributed by atoms with van der Waals surface area (Å²) < 4.78 is 16.1. The van der Waals surface area contributed by atoms with Gasteiger partial charge in [-0.3, -0.25) is 9.59 Å². The molecule has 2 amide bonds. The average molecular weight is 465 g/mol. The molecule has 0 radical (unpaired) electrons. The first-order chi connectivity index (χ1) is 16.0. The van der Waals surface area contributed by atoms with E-state index >= 15 is 0 Å². The summed E-state index contributed by atoms with van der Waals surface area (Å²) >= 11 is 6.17. The highest BCUT2D eigenvalue weighted by molar-refractivity contribution is 6.46. The quantitative estimate of drug-likeness (QED) is 0.508. The average Bonchev–Trinajstić information content (AvgIpc) is 3.08. The van der Waals surface area contributed by atoms with Crippen LogP contribution in [0.15, 0.2) is 72.4 Å². The van der Waals surface area contributed by atoms with Crippen LogP contribution in [0.5, 0.6) is 17.2 Å². The van der Waals surface area contributed by atoms with Crippen molar-refractivity contribution in [2.24, 2.45) is 0 Å². The van der Waals surface area contributed by atoms with E-state index in [2.05, 4.69) is 5.32 Å². The standard InChI is InChI=1S/C25H21ClN2O5/c1-31-17-11-9-16(10-12-17)28-24(29)22(18-6-4-5-7-20(18)32-2)23(25(28)30)27-19-14-15(26)8-13-21(19)33-3/h4-14,27H,1-3H3. The number of carbonyl (C=O) groups excluding carboxylic acids is 2. The molecule has 1 heterocycles. The van der Waals surface area contributed by atoms with Gasteiger partial charge in [-0.1, -0.05) is 29.8 Å². The van der Waals surface area contributed by atoms with Crippen molar-refractivity contribution in [3.63, 3.8) is 0 Å². The number of para-hydroxylation sites is 1. The van der Waals surface area contributed by atoms with E-state index < -0.39 is 11.8 Å². The predicted molar refractivity (Wildman–Crippen MR) is 127 cm³/mol. The van der Waals surface area contributed by atoms with Crippen molar-refractivity contribution >= 4 is 40.4 Å². The highest BCUT2D eigenvalue weighted by Crippen LogP contribution is 2.39. The molecule has 0 spiro atoms. The number of imide groups is 1. The molecule has 1 aliphatic heterocycles. The van der Waals surface area contributed by atoms with Gasteiger partial charge in [-0.2, -0.15) is 0 Å². The maximum atomic E-state index is 13.6. The lowest BCUT2D eigenvalue weighted by atomic mass is 10.0. The van der Waals surface area contributed by atoms with Crippen LogP contribution in [-0.4, -0.2) is 33.1 Å². The van der Waals surface area contributed by atoms with Gasteiger partial charge in [0.2, 0.25) is 0 Å². The van der Waals surface area contributed by atoms with Gasteiger partial charge in [0.25, 0.3) is 11.8 Å². The Morgan fingerprint density at radius 2 is 1.48 bits per heavy atom. The number of nitrogens with one attached hydrogen (secondary N) is 1. The Balaban J connectivity index is 1.87. The van der Waals surface area contributed by atoms with Crippen LogP contribution in [0.3, 0.4) is 0 Å². The summed E-state index contributed by atoms with van der Waals surface area (Å²) in [4.78, 5) is 28.3. The molecule has 0 fully saturated rings. The number of rotatable bonds is 7. The number of hydrogen-bond acceptors (Lipinski definition) is 6. The molecular formula is C25H21ClN2O5. The Morgan fingerprint density at radius 1 is 0.788 bits per heavy atom. The highest BCUT2D eigenvalue weighted by Gasteiger charge is 2.41. The lowest BCUT2D eigenvalue weighted by Gasteiger charge is -2.16. The van der Waals surface area contributed by atoms with Crippen molar-refractivity contribution in [1.82, 2.24) is 0 Å². The summed E-state index contributed by atoms with van der Waals surface area (Å²) in [6, 6.07) is 18.7. The number of methoxy groups -OCH3 is 3. The topological polar surface area (TPSA) is 77.1 Å². The molecule has 1 N–H and O–H groups in total. The molecule has 1 aliphatic rings. The van der Waals surface area contributed by atoms with E-state index in [1.54, 1.807) is 73.8 Å². The predicted octanol–water partition coefficient (Wildman–Crippen LogP) is 4.76. The Labute approximate surface area is 196 Å². The number of nitrogens with zero attached hydrogens (tertiary/aromatic N) is 1. The van der Waals surface area contributed by atoms with Crippen LogP contribution in [0.25, 0.3) is 5.57 Å². The fourth-order valence-electron chi connectivity index (χ4n) is 3.63. The number of ether oxygens (including phenoxy) is 3. The van der Waals surface area contributed by atoms with Gasteiger partial charge in [-0.15, -0.1) is 0 Å². The summed E-state index contributed by atoms with van der Waals surface area (Å²) in [7, 11) is 4.56. The first-order valence-electron chi connectivity index (χ1n) is 9.99. The molecule has 0 saturated carbocycles. The minimum absolute atomic E-state index is 0.0842. The van der Waals surface area contributed by atoms with Gasteiger partial charge in [-0.05, 0) is 48.5 Å². The van der Waals surface area contributed by atoms with Crippen molar-refractivity contribution < 1.29 is 23.8 Å². The monoisotopic (exact) mass is 464 g/mol. The van der Waals surface area contributed by atoms with Crippen LogP contribution in [-0.2, 0) is 9.59 Å². The van der Waals surface area contributed by atoms with Crippen molar-refractivity contribution in [1.29, 1.82) is 0 Å². The van der Waals surface area contributed by atoms with Gasteiger partial charge in [0.1, 0.15) is 22.9 Å². The Morgan fingerprint density at radius 3 is 2.15 bits per heavy atom. The van der Waals surface area contributed by atoms with Gasteiger partial charge in [0, 0.05) is 10.6 Å². The van der Waals surface area contributed by atoms with E-state index in [0.29, 0.717) is 39.2 Å². The minimum Gasteiger partial charge on any atom is -0.497 e. The zero-order chi connectivity index (χ0) is 23.5. The summed E-state index contributed by atoms with van der Waals surface area (Å²) in [5.74, 6) is 0.529. The normalized spacial score (nSPS) is 13.4. The van der Waals surface area contributed by atoms with Crippen molar-refractivity contribution in [2.75, 3.05) is 31.5 Å². The second-order valence-corrected chi connectivity index (χ2v) is 7.50. The number of anilines is 2. The van der Waals surface area contributed by atoms with Crippen molar-refractivity contribution in [3.05, 3.63) is 83.0 Å². The van der Waals surface area contributed by atoms with Crippen molar-refractivity contribution in [3.8, 4) is 17.2 Å². The second kappa shape index (κ2) is 9.26. The number of halogens is 1. The fourth-order valence-corrected chi connectivity index (χ4v) is 3.80. The highest BCUT2D eigenvalue weighted by atomic mass is 35.5. The van der Waals surface area contributed by atoms with Gasteiger partial charge in [-0.25, -0.2) is 4.90 Å². The lowest BCUT2D eigenvalue weighted by molar-refractivity contribution is -0.120. The molecule has 0 saturated heterocycles. The molecule has 8 heteroatoms. The van der Waals surface area contributed by atoms with Gasteiger partial charge >= 0.3 is 0 Å². The van der Waals surface area contributed by atoms with Crippen LogP contribution < -0.4 is 24.4 Å². The molecule has 0 atom stereocenters. The molecule has 0 bridgehead atoms. The molecule has 0 aromatic heterocycles. The molecule has 33 heavy (non-hydrogen) atoms. The Kier molecular flexibility index (Phi) is 6.24. The largest absolute Gasteiger partial charge is 0.497 e. The van der Waals surface area contributed by atoms with Crippen LogP contribution in [0.4, 0.5) is 11.4 Å². The molecule has 0 aliphatic carbocycles. The smallest absolute Gasteiger partial charge is 0.282 e. The SMILES string of the molecule is COc1ccc(N2C(=O)C(Nc3cc(Cl)ccc3OC)=C(c3ccccc3OC)C2=O)cc1. The first kappa shape index (κ1) is 22.2. The molecular weight excluding hydrogens is 444 g/mol. The molecule has 0 unspecified atom stereocenters. The zero-order valence-corrected chi connectivity index (χ0v) is 19.0. The zero-order valence-electron chi connectivity index (χ0n) is 18.2. The van der Waals surface area contributed by atoms with E-state index in [1.165, 1.54) is 14.2 Å². The van der Waals surface area contributed by atoms with Gasteiger partial charge in [0.05, 0.1) is 38.3 Å². The molecule has 4 rings (SSSR count). The maximum absolute atomic E-state index is 13.6. The Bertz CT molecular complexity index is 1250. The fraction of sp³-hybridized carbons (Fsp3) is 0.120. The summed E-state index contributed by atoms with van der Waals surface area (Å²) in [5.41, 5.74) is 1.60. The number of carbonyl (C=O) groups is 2. The van der Waals surface area contributed by atoms with Crippen LogP contribution in [0, 0.1) is 0 Å². The number of amides is 2. The third-order valence-electron chi connectivity index (χ3n) is 5.21. The third kappa shape index (κ3) is 4.10. The molecule has 7 nitrogen and oxygen atoms in total. The van der Waals surface area contributed by atoms with E-state index in [-0.39, 0.29) is 11.3 Å². The summed E-state index contributed by atoms with van der Waals surface area (Å²) in [5, 5.41) is 3.53. The maximum Gasteiger partial charge on any atom is 0.282 e. The van der Waals surface area contributed by atoms with Gasteiger partial charge < -0.3 is 19.5 Å². The van der Waals surface area contributed by atoms with E-state index in [1.807, 2.05) is 0 Å². The molecule has 168 valence electrons. The van der Waals surface area contributed by atoms with Crippen molar-refractivity contribution in [2.45, 2.75) is 0 Å². The van der Waals surface area contributed by atoms with Crippen LogP contribution in [0.2, 0.25) is 5.02 Å². The summed E-state index contributed by atoms with van der Waals surface area (Å²) in [6.07, 6.45) is 0. The summed E-state index contributed by atoms with van der Waals surface area (Å²) in [6.45, 7) is 0. The minimum atomic E-state index is -0.520. The molecule has 3 aromatic carbocycles. The van der Waals surface area contributed by atoms with E-state index in [9.17, 15) is 9.59 Å². The lowest BCUT2D eigenvalue weighted by Crippen LogP contribution is -2.32. The van der Waals surface area contributed by atoms with Crippen LogP contribution in [0.1, 0.15) is 5.56 Å². The first-order valence-corrected chi connectivity index (χ1v) is 10.4. The molecule has 3 aromatic rings. The Hall–Kier alpha value is -3.97. The van der Waals surface area contributed by atoms with Gasteiger partial charge in [0.15, 0.2) is 0 Å².